The fourth-order valence-corrected chi connectivity index (χ4v) is 2.63. The average molecular weight is 371 g/mol. The molecule has 3 rings (SSSR count). The Labute approximate surface area is 142 Å². The Morgan fingerprint density at radius 2 is 1.78 bits per heavy atom. The lowest BCUT2D eigenvalue weighted by Gasteiger charge is -2.08. The summed E-state index contributed by atoms with van der Waals surface area (Å²) in [4.78, 5) is 11.3. The molecule has 23 heavy (non-hydrogen) atoms. The summed E-state index contributed by atoms with van der Waals surface area (Å²) in [5, 5.41) is 13.5. The van der Waals surface area contributed by atoms with E-state index < -0.39 is 5.97 Å². The number of carboxylic acid groups (broad SMARTS) is 1. The van der Waals surface area contributed by atoms with E-state index in [0.717, 1.165) is 21.3 Å². The molecule has 0 saturated heterocycles. The molecule has 3 aromatic rings. The first-order valence-electron chi connectivity index (χ1n) is 7.15. The zero-order valence-corrected chi connectivity index (χ0v) is 14.1. The molecular weight excluding hydrogens is 356 g/mol. The minimum atomic E-state index is -1.02. The van der Waals surface area contributed by atoms with Gasteiger partial charge >= 0.3 is 5.97 Å². The average Bonchev–Trinajstić information content (AvgIpc) is 2.94. The Hall–Kier alpha value is -2.40. The molecule has 1 heterocycles. The largest absolute Gasteiger partial charge is 0.476 e. The Morgan fingerprint density at radius 1 is 1.13 bits per heavy atom. The molecule has 0 aliphatic heterocycles. The van der Waals surface area contributed by atoms with Crippen LogP contribution in [0.2, 0.25) is 0 Å². The van der Waals surface area contributed by atoms with Gasteiger partial charge in [0.25, 0.3) is 0 Å². The molecule has 0 aliphatic carbocycles. The lowest BCUT2D eigenvalue weighted by molar-refractivity contribution is 0.0689. The van der Waals surface area contributed by atoms with Crippen LogP contribution in [0.25, 0.3) is 11.3 Å². The molecule has 4 nitrogen and oxygen atoms in total. The maximum atomic E-state index is 11.3. The van der Waals surface area contributed by atoms with Gasteiger partial charge in [-0.3, -0.25) is 4.68 Å². The van der Waals surface area contributed by atoms with Crippen LogP contribution >= 0.6 is 15.9 Å². The molecule has 0 atom stereocenters. The van der Waals surface area contributed by atoms with E-state index in [-0.39, 0.29) is 5.69 Å². The molecule has 0 bridgehead atoms. The predicted octanol–water partition coefficient (Wildman–Crippen LogP) is 4.37. The number of rotatable bonds is 4. The monoisotopic (exact) mass is 370 g/mol. The number of halogens is 1. The maximum Gasteiger partial charge on any atom is 0.356 e. The predicted molar refractivity (Wildman–Crippen MR) is 92.6 cm³/mol. The van der Waals surface area contributed by atoms with Crippen molar-refractivity contribution in [3.8, 4) is 11.3 Å². The summed E-state index contributed by atoms with van der Waals surface area (Å²) >= 11 is 3.41. The summed E-state index contributed by atoms with van der Waals surface area (Å²) in [7, 11) is 0. The van der Waals surface area contributed by atoms with Crippen molar-refractivity contribution in [2.75, 3.05) is 0 Å². The zero-order valence-electron chi connectivity index (χ0n) is 12.5. The Morgan fingerprint density at radius 3 is 2.39 bits per heavy atom. The number of carboxylic acids is 1. The van der Waals surface area contributed by atoms with Crippen LogP contribution in [-0.4, -0.2) is 20.9 Å². The first-order chi connectivity index (χ1) is 11.0. The third-order valence-electron chi connectivity index (χ3n) is 3.59. The van der Waals surface area contributed by atoms with E-state index in [0.29, 0.717) is 6.54 Å². The minimum absolute atomic E-state index is 0.0510. The van der Waals surface area contributed by atoms with Crippen LogP contribution in [0.15, 0.2) is 59.1 Å². The van der Waals surface area contributed by atoms with Crippen LogP contribution in [0.1, 0.15) is 21.6 Å². The van der Waals surface area contributed by atoms with Crippen molar-refractivity contribution in [2.24, 2.45) is 0 Å². The van der Waals surface area contributed by atoms with Gasteiger partial charge in [-0.25, -0.2) is 4.79 Å². The van der Waals surface area contributed by atoms with Crippen molar-refractivity contribution in [2.45, 2.75) is 13.5 Å². The van der Waals surface area contributed by atoms with Gasteiger partial charge in [0.1, 0.15) is 0 Å². The topological polar surface area (TPSA) is 55.1 Å². The lowest BCUT2D eigenvalue weighted by atomic mass is 10.1. The molecule has 0 radical (unpaired) electrons. The number of hydrogen-bond acceptors (Lipinski definition) is 2. The van der Waals surface area contributed by atoms with Crippen LogP contribution in [0, 0.1) is 6.92 Å². The van der Waals surface area contributed by atoms with Crippen molar-refractivity contribution in [3.63, 3.8) is 0 Å². The van der Waals surface area contributed by atoms with Crippen molar-refractivity contribution in [1.82, 2.24) is 9.78 Å². The normalized spacial score (nSPS) is 10.7. The summed E-state index contributed by atoms with van der Waals surface area (Å²) in [6.45, 7) is 2.56. The second-order valence-corrected chi connectivity index (χ2v) is 6.29. The van der Waals surface area contributed by atoms with Gasteiger partial charge in [0.2, 0.25) is 0 Å². The first kappa shape index (κ1) is 15.5. The van der Waals surface area contributed by atoms with E-state index >= 15 is 0 Å². The molecule has 0 aliphatic rings. The van der Waals surface area contributed by atoms with Crippen molar-refractivity contribution in [1.29, 1.82) is 0 Å². The summed E-state index contributed by atoms with van der Waals surface area (Å²) in [6, 6.07) is 17.5. The number of benzene rings is 2. The molecule has 1 N–H and O–H groups in total. The molecule has 0 spiro atoms. The van der Waals surface area contributed by atoms with E-state index in [1.165, 1.54) is 5.56 Å². The second-order valence-electron chi connectivity index (χ2n) is 5.37. The molecule has 116 valence electrons. The molecule has 0 fully saturated rings. The van der Waals surface area contributed by atoms with E-state index in [4.69, 9.17) is 0 Å². The number of aromatic nitrogens is 2. The van der Waals surface area contributed by atoms with Crippen molar-refractivity contribution < 1.29 is 9.90 Å². The molecule has 2 aromatic carbocycles. The van der Waals surface area contributed by atoms with Crippen LogP contribution in [0.3, 0.4) is 0 Å². The standard InChI is InChI=1S/C18H15BrN2O2/c1-12-2-4-13(5-3-12)11-21-17(10-16(20-21)18(22)23)14-6-8-15(19)9-7-14/h2-10H,11H2,1H3,(H,22,23). The number of hydrogen-bond donors (Lipinski definition) is 1. The fraction of sp³-hybridized carbons (Fsp3) is 0.111. The highest BCUT2D eigenvalue weighted by atomic mass is 79.9. The molecule has 0 unspecified atom stereocenters. The van der Waals surface area contributed by atoms with Gasteiger partial charge in [-0.05, 0) is 36.2 Å². The smallest absolute Gasteiger partial charge is 0.356 e. The number of nitrogens with zero attached hydrogens (tertiary/aromatic N) is 2. The third-order valence-corrected chi connectivity index (χ3v) is 4.12. The Balaban J connectivity index is 2.02. The van der Waals surface area contributed by atoms with Crippen molar-refractivity contribution >= 4 is 21.9 Å². The van der Waals surface area contributed by atoms with Gasteiger partial charge < -0.3 is 5.11 Å². The van der Waals surface area contributed by atoms with E-state index in [9.17, 15) is 9.90 Å². The highest BCUT2D eigenvalue weighted by Crippen LogP contribution is 2.24. The van der Waals surface area contributed by atoms with Crippen LogP contribution in [0.4, 0.5) is 0 Å². The van der Waals surface area contributed by atoms with Crippen LogP contribution in [-0.2, 0) is 6.54 Å². The second kappa shape index (κ2) is 6.38. The summed E-state index contributed by atoms with van der Waals surface area (Å²) in [5.74, 6) is -1.02. The number of aryl methyl sites for hydroxylation is 1. The molecule has 5 heteroatoms. The van der Waals surface area contributed by atoms with E-state index in [1.54, 1.807) is 10.7 Å². The van der Waals surface area contributed by atoms with Crippen LogP contribution < -0.4 is 0 Å². The van der Waals surface area contributed by atoms with Gasteiger partial charge in [0.15, 0.2) is 5.69 Å². The van der Waals surface area contributed by atoms with Gasteiger partial charge in [-0.1, -0.05) is 57.9 Å². The lowest BCUT2D eigenvalue weighted by Crippen LogP contribution is -2.06. The maximum absolute atomic E-state index is 11.3. The summed E-state index contributed by atoms with van der Waals surface area (Å²) in [6.07, 6.45) is 0. The first-order valence-corrected chi connectivity index (χ1v) is 7.95. The van der Waals surface area contributed by atoms with Gasteiger partial charge in [-0.2, -0.15) is 5.10 Å². The molecule has 1 aromatic heterocycles. The highest BCUT2D eigenvalue weighted by molar-refractivity contribution is 9.10. The van der Waals surface area contributed by atoms with Gasteiger partial charge in [-0.15, -0.1) is 0 Å². The SMILES string of the molecule is Cc1ccc(Cn2nc(C(=O)O)cc2-c2ccc(Br)cc2)cc1. The Bertz CT molecular complexity index is 836. The third kappa shape index (κ3) is 3.51. The van der Waals surface area contributed by atoms with Crippen LogP contribution in [0.5, 0.6) is 0 Å². The Kier molecular flexibility index (Phi) is 4.30. The summed E-state index contributed by atoms with van der Waals surface area (Å²) < 4.78 is 2.71. The van der Waals surface area contributed by atoms with Gasteiger partial charge in [0, 0.05) is 4.47 Å². The van der Waals surface area contributed by atoms with Crippen molar-refractivity contribution in [3.05, 3.63) is 75.9 Å². The zero-order chi connectivity index (χ0) is 16.4. The van der Waals surface area contributed by atoms with Gasteiger partial charge in [0.05, 0.1) is 12.2 Å². The molecule has 0 saturated carbocycles. The number of carbonyl (C=O) groups is 1. The fourth-order valence-electron chi connectivity index (χ4n) is 2.36. The van der Waals surface area contributed by atoms with E-state index in [1.807, 2.05) is 55.5 Å². The van der Waals surface area contributed by atoms with E-state index in [2.05, 4.69) is 21.0 Å². The highest BCUT2D eigenvalue weighted by Gasteiger charge is 2.15. The molecule has 0 amide bonds. The number of aromatic carboxylic acids is 1. The minimum Gasteiger partial charge on any atom is -0.476 e. The molecular formula is C18H15BrN2O2. The quantitative estimate of drug-likeness (QED) is 0.741. The summed E-state index contributed by atoms with van der Waals surface area (Å²) in [5.41, 5.74) is 4.04.